The molecular weight excluding hydrogens is 188 g/mol. The van der Waals surface area contributed by atoms with Crippen LogP contribution < -0.4 is 5.73 Å². The highest BCUT2D eigenvalue weighted by Crippen LogP contribution is 2.39. The lowest BCUT2D eigenvalue weighted by Gasteiger charge is -2.32. The van der Waals surface area contributed by atoms with E-state index in [0.717, 1.165) is 25.9 Å². The second kappa shape index (κ2) is 4.52. The largest absolute Gasteiger partial charge is 0.341 e. The molecule has 3 heteroatoms. The molecule has 0 aromatic heterocycles. The van der Waals surface area contributed by atoms with Gasteiger partial charge in [-0.2, -0.15) is 0 Å². The summed E-state index contributed by atoms with van der Waals surface area (Å²) in [6.45, 7) is 9.73. The molecule has 3 nitrogen and oxygen atoms in total. The van der Waals surface area contributed by atoms with E-state index in [4.69, 9.17) is 5.73 Å². The first kappa shape index (κ1) is 12.5. The fraction of sp³-hybridized carbons (Fsp3) is 0.917. The Balaban J connectivity index is 2.62. The van der Waals surface area contributed by atoms with E-state index in [-0.39, 0.29) is 5.91 Å². The summed E-state index contributed by atoms with van der Waals surface area (Å²) >= 11 is 0. The molecule has 1 aliphatic carbocycles. The van der Waals surface area contributed by atoms with Crippen LogP contribution in [0.15, 0.2) is 0 Å². The van der Waals surface area contributed by atoms with Crippen LogP contribution in [0.3, 0.4) is 0 Å². The van der Waals surface area contributed by atoms with Gasteiger partial charge in [0.15, 0.2) is 0 Å². The van der Waals surface area contributed by atoms with Crippen molar-refractivity contribution in [1.82, 2.24) is 4.90 Å². The van der Waals surface area contributed by atoms with Crippen LogP contribution in [0, 0.1) is 11.8 Å². The van der Waals surface area contributed by atoms with Crippen LogP contribution in [0.5, 0.6) is 0 Å². The fourth-order valence-corrected chi connectivity index (χ4v) is 1.99. The minimum atomic E-state index is -0.634. The smallest absolute Gasteiger partial charge is 0.242 e. The predicted molar refractivity (Wildman–Crippen MR) is 62.4 cm³/mol. The molecule has 0 spiro atoms. The van der Waals surface area contributed by atoms with Gasteiger partial charge in [0.05, 0.1) is 5.54 Å². The molecule has 0 saturated heterocycles. The third-order valence-electron chi connectivity index (χ3n) is 3.14. The molecule has 1 aliphatic rings. The van der Waals surface area contributed by atoms with E-state index in [1.165, 1.54) is 0 Å². The Morgan fingerprint density at radius 1 is 1.53 bits per heavy atom. The average Bonchev–Trinajstić information content (AvgIpc) is 2.95. The third kappa shape index (κ3) is 2.94. The van der Waals surface area contributed by atoms with Crippen molar-refractivity contribution in [1.29, 1.82) is 0 Å². The number of carbonyl (C=O) groups is 1. The molecule has 0 aromatic rings. The van der Waals surface area contributed by atoms with E-state index in [0.29, 0.717) is 11.8 Å². The molecule has 0 aromatic carbocycles. The fourth-order valence-electron chi connectivity index (χ4n) is 1.99. The first-order valence-corrected chi connectivity index (χ1v) is 5.97. The Morgan fingerprint density at radius 2 is 2.07 bits per heavy atom. The Bertz CT molecular complexity index is 232. The molecule has 1 amide bonds. The molecule has 1 rings (SSSR count). The van der Waals surface area contributed by atoms with Crippen LogP contribution in [0.2, 0.25) is 0 Å². The lowest BCUT2D eigenvalue weighted by Crippen LogP contribution is -2.55. The van der Waals surface area contributed by atoms with Crippen LogP contribution in [-0.2, 0) is 4.79 Å². The third-order valence-corrected chi connectivity index (χ3v) is 3.14. The van der Waals surface area contributed by atoms with Gasteiger partial charge < -0.3 is 10.6 Å². The second-order valence-electron chi connectivity index (χ2n) is 5.29. The van der Waals surface area contributed by atoms with Gasteiger partial charge in [0.1, 0.15) is 0 Å². The number of nitrogens with two attached hydrogens (primary N) is 1. The number of likely N-dealkylation sites (N-methyl/N-ethyl adjacent to an activating group) is 1. The zero-order chi connectivity index (χ0) is 11.6. The zero-order valence-electron chi connectivity index (χ0n) is 10.4. The average molecular weight is 212 g/mol. The van der Waals surface area contributed by atoms with Gasteiger partial charge in [0.2, 0.25) is 5.91 Å². The van der Waals surface area contributed by atoms with Gasteiger partial charge in [0.25, 0.3) is 0 Å². The van der Waals surface area contributed by atoms with Gasteiger partial charge in [-0.3, -0.25) is 4.79 Å². The van der Waals surface area contributed by atoms with E-state index in [1.807, 2.05) is 18.7 Å². The number of carbonyl (C=O) groups excluding carboxylic acids is 1. The van der Waals surface area contributed by atoms with Gasteiger partial charge in [-0.25, -0.2) is 0 Å². The van der Waals surface area contributed by atoms with Crippen molar-refractivity contribution in [2.24, 2.45) is 17.6 Å². The molecule has 0 bridgehead atoms. The number of hydrogen-bond donors (Lipinski definition) is 1. The molecule has 88 valence electrons. The maximum Gasteiger partial charge on any atom is 0.242 e. The summed E-state index contributed by atoms with van der Waals surface area (Å²) in [5, 5.41) is 0. The van der Waals surface area contributed by atoms with Crippen molar-refractivity contribution < 1.29 is 4.79 Å². The molecule has 1 unspecified atom stereocenters. The van der Waals surface area contributed by atoms with E-state index in [1.54, 1.807) is 0 Å². The Labute approximate surface area is 93.0 Å². The summed E-state index contributed by atoms with van der Waals surface area (Å²) in [6.07, 6.45) is 2.22. The minimum absolute atomic E-state index is 0.126. The zero-order valence-corrected chi connectivity index (χ0v) is 10.4. The number of hydrogen-bond acceptors (Lipinski definition) is 2. The van der Waals surface area contributed by atoms with Crippen LogP contribution in [0.4, 0.5) is 0 Å². The van der Waals surface area contributed by atoms with Gasteiger partial charge in [-0.1, -0.05) is 13.8 Å². The highest BCUT2D eigenvalue weighted by Gasteiger charge is 2.45. The normalized spacial score (nSPS) is 20.1. The highest BCUT2D eigenvalue weighted by molar-refractivity contribution is 5.86. The summed E-state index contributed by atoms with van der Waals surface area (Å²) in [4.78, 5) is 14.1. The summed E-state index contributed by atoms with van der Waals surface area (Å²) in [5.74, 6) is 1.04. The van der Waals surface area contributed by atoms with Gasteiger partial charge in [0, 0.05) is 13.1 Å². The number of rotatable bonds is 5. The molecule has 0 aliphatic heterocycles. The quantitative estimate of drug-likeness (QED) is 0.752. The SMILES string of the molecule is CCN(CC(C)C)C(=O)C(C)(N)C1CC1. The van der Waals surface area contributed by atoms with E-state index in [2.05, 4.69) is 13.8 Å². The van der Waals surface area contributed by atoms with E-state index < -0.39 is 5.54 Å². The molecule has 1 saturated carbocycles. The van der Waals surface area contributed by atoms with Crippen molar-refractivity contribution in [2.45, 2.75) is 46.1 Å². The summed E-state index contributed by atoms with van der Waals surface area (Å²) in [7, 11) is 0. The maximum absolute atomic E-state index is 12.2. The van der Waals surface area contributed by atoms with Gasteiger partial charge in [-0.05, 0) is 38.5 Å². The maximum atomic E-state index is 12.2. The summed E-state index contributed by atoms with van der Waals surface area (Å²) < 4.78 is 0. The molecule has 2 N–H and O–H groups in total. The Morgan fingerprint density at radius 3 is 2.40 bits per heavy atom. The second-order valence-corrected chi connectivity index (χ2v) is 5.29. The van der Waals surface area contributed by atoms with Crippen molar-refractivity contribution in [2.75, 3.05) is 13.1 Å². The van der Waals surface area contributed by atoms with Crippen molar-refractivity contribution >= 4 is 5.91 Å². The first-order chi connectivity index (χ1) is 6.89. The predicted octanol–water partition coefficient (Wildman–Crippen LogP) is 1.62. The van der Waals surface area contributed by atoms with Crippen molar-refractivity contribution in [3.8, 4) is 0 Å². The monoisotopic (exact) mass is 212 g/mol. The molecule has 1 atom stereocenters. The molecule has 0 heterocycles. The Kier molecular flexibility index (Phi) is 3.77. The molecular formula is C12H24N2O. The lowest BCUT2D eigenvalue weighted by atomic mass is 9.95. The van der Waals surface area contributed by atoms with Crippen LogP contribution in [0.1, 0.15) is 40.5 Å². The van der Waals surface area contributed by atoms with Crippen LogP contribution in [0.25, 0.3) is 0 Å². The van der Waals surface area contributed by atoms with E-state index in [9.17, 15) is 4.79 Å². The Hall–Kier alpha value is -0.570. The number of amides is 1. The lowest BCUT2D eigenvalue weighted by molar-refractivity contribution is -0.137. The molecule has 0 radical (unpaired) electrons. The topological polar surface area (TPSA) is 46.3 Å². The molecule has 15 heavy (non-hydrogen) atoms. The number of nitrogens with zero attached hydrogens (tertiary/aromatic N) is 1. The van der Waals surface area contributed by atoms with Gasteiger partial charge in [-0.15, -0.1) is 0 Å². The van der Waals surface area contributed by atoms with Crippen LogP contribution in [-0.4, -0.2) is 29.4 Å². The van der Waals surface area contributed by atoms with Crippen molar-refractivity contribution in [3.05, 3.63) is 0 Å². The van der Waals surface area contributed by atoms with E-state index >= 15 is 0 Å². The molecule has 1 fully saturated rings. The highest BCUT2D eigenvalue weighted by atomic mass is 16.2. The standard InChI is InChI=1S/C12H24N2O/c1-5-14(8-9(2)3)11(15)12(4,13)10-6-7-10/h9-10H,5-8,13H2,1-4H3. The summed E-state index contributed by atoms with van der Waals surface area (Å²) in [5.41, 5.74) is 5.49. The van der Waals surface area contributed by atoms with Crippen molar-refractivity contribution in [3.63, 3.8) is 0 Å². The van der Waals surface area contributed by atoms with Crippen LogP contribution >= 0.6 is 0 Å². The van der Waals surface area contributed by atoms with Gasteiger partial charge >= 0.3 is 0 Å². The first-order valence-electron chi connectivity index (χ1n) is 5.97. The summed E-state index contributed by atoms with van der Waals surface area (Å²) in [6, 6.07) is 0. The minimum Gasteiger partial charge on any atom is -0.341 e.